The number of esters is 1. The van der Waals surface area contributed by atoms with Crippen LogP contribution in [0, 0.1) is 35.5 Å². The van der Waals surface area contributed by atoms with Crippen molar-refractivity contribution in [2.75, 3.05) is 41.6 Å². The maximum atomic E-state index is 14.6. The van der Waals surface area contributed by atoms with Crippen LogP contribution in [-0.2, 0) is 70.3 Å². The van der Waals surface area contributed by atoms with Crippen LogP contribution >= 0.6 is 0 Å². The molecule has 2 N–H and O–H groups in total. The maximum Gasteiger partial charge on any atom is 0.329 e. The fourth-order valence-electron chi connectivity index (χ4n) is 11.2. The highest BCUT2D eigenvalue weighted by atomic mass is 16.6. The van der Waals surface area contributed by atoms with E-state index < -0.39 is 77.8 Å². The van der Waals surface area contributed by atoms with Crippen LogP contribution < -0.4 is 0 Å². The Kier molecular flexibility index (Phi) is 24.2. The maximum absolute atomic E-state index is 14.6. The highest BCUT2D eigenvalue weighted by Gasteiger charge is 2.53. The number of Topliss-reactive ketones (excluding diaryl/α,β-unsaturated/α-hetero) is 3. The van der Waals surface area contributed by atoms with Crippen molar-refractivity contribution in [2.24, 2.45) is 35.5 Å². The number of rotatable bonds is 12. The monoisotopic (exact) mass is 1050 g/mol. The average Bonchev–Trinajstić information content (AvgIpc) is 3.86. The van der Waals surface area contributed by atoms with Crippen molar-refractivity contribution < 1.29 is 67.3 Å². The largest absolute Gasteiger partial charge is 0.460 e. The molecule has 2 bridgehead atoms. The minimum atomic E-state index is -2.44. The van der Waals surface area contributed by atoms with E-state index in [4.69, 9.17) is 33.2 Å². The topological polar surface area (TPSA) is 224 Å². The summed E-state index contributed by atoms with van der Waals surface area (Å²) >= 11 is 0. The molecule has 1 aromatic rings. The van der Waals surface area contributed by atoms with Gasteiger partial charge in [-0.15, -0.1) is 5.10 Å². The third-order valence-electron chi connectivity index (χ3n) is 16.0. The predicted molar refractivity (Wildman–Crippen MR) is 280 cm³/mol. The van der Waals surface area contributed by atoms with Crippen LogP contribution in [0.3, 0.4) is 0 Å². The molecule has 1 aliphatic carbocycles. The lowest BCUT2D eigenvalue weighted by Crippen LogP contribution is -2.61. The summed E-state index contributed by atoms with van der Waals surface area (Å²) in [5, 5.41) is 32.0. The molecule has 4 heterocycles. The fraction of sp³-hybridized carbons (Fsp3) is 0.737. The molecule has 3 aliphatic heterocycles. The number of methoxy groups -OCH3 is 4. The lowest BCUT2D eigenvalue weighted by Gasteiger charge is -2.42. The van der Waals surface area contributed by atoms with Gasteiger partial charge in [-0.2, -0.15) is 0 Å². The normalized spacial score (nSPS) is 36.6. The van der Waals surface area contributed by atoms with Gasteiger partial charge >= 0.3 is 5.97 Å². The summed E-state index contributed by atoms with van der Waals surface area (Å²) in [5.41, 5.74) is 1.96. The summed E-state index contributed by atoms with van der Waals surface area (Å²) in [6.45, 7) is 14.2. The summed E-state index contributed by atoms with van der Waals surface area (Å²) in [4.78, 5) is 72.7. The SMILES string of the molecule is COCCn1cc(CO[C@@H]2CC[C@@H](C[C@@H](C)[C@@H]3CC(=O)[C@H](C)/C=C(\C)[C@@H](O)[C@@H](OC)C(=O)[C@H](C)C[C@H](C)/C=C/C=C/C=C(\C)[C@@H](OC)C[C@@H]4CC[C@@H](C)[C@@](O)(O4)C(=O)C(=O)N4CCCC[C@H]4C(=O)O3)C[C@H]2OC)nn1. The van der Waals surface area contributed by atoms with E-state index in [-0.39, 0.29) is 67.5 Å². The van der Waals surface area contributed by atoms with Crippen LogP contribution in [0.5, 0.6) is 0 Å². The lowest BCUT2D eigenvalue weighted by molar-refractivity contribution is -0.265. The standard InChI is InChI=1S/C57H88N4O14/c1-35-17-13-12-14-18-36(2)48(70-9)31-44-22-20-41(7)57(68,75-44)54(65)55(66)61-24-16-15-19-45(61)56(67)74-49(32-46(62)37(3)28-40(6)52(64)53(72-11)51(63)39(5)27-35)38(4)29-42-21-23-47(50(30-42)71-10)73-34-43-33-60(59-58-43)25-26-69-8/h12-14,17-18,28,33,35,37-39,41-42,44-45,47-50,52-53,64,68H,15-16,19-27,29-32,34H2,1-11H3/b14-12+,17-13+,36-18+,40-28+/t35-,37-,38-,39-,41-,42+,44+,45+,47-,48+,49+,50-,52-,53+,57-/m1/s1. The number of cyclic esters (lactones) is 1. The molecule has 420 valence electrons. The number of ketones is 3. The Morgan fingerprint density at radius 3 is 2.33 bits per heavy atom. The van der Waals surface area contributed by atoms with Crippen molar-refractivity contribution in [1.29, 1.82) is 0 Å². The Hall–Kier alpha value is -4.27. The van der Waals surface area contributed by atoms with Crippen LogP contribution in [-0.4, -0.2) is 155 Å². The summed E-state index contributed by atoms with van der Waals surface area (Å²) in [5.74, 6) is -8.03. The number of ether oxygens (including phenoxy) is 7. The Labute approximate surface area is 444 Å². The molecule has 0 aromatic carbocycles. The van der Waals surface area contributed by atoms with Gasteiger partial charge in [-0.3, -0.25) is 19.2 Å². The van der Waals surface area contributed by atoms with E-state index in [0.717, 1.165) is 12.0 Å². The van der Waals surface area contributed by atoms with E-state index in [0.29, 0.717) is 82.2 Å². The van der Waals surface area contributed by atoms with Crippen molar-refractivity contribution in [3.63, 3.8) is 0 Å². The van der Waals surface area contributed by atoms with Gasteiger partial charge in [0, 0.05) is 65.6 Å². The molecule has 1 saturated carbocycles. The van der Waals surface area contributed by atoms with Crippen LogP contribution in [0.25, 0.3) is 0 Å². The second-order valence-electron chi connectivity index (χ2n) is 21.8. The molecular formula is C57H88N4O14. The van der Waals surface area contributed by atoms with Gasteiger partial charge in [-0.25, -0.2) is 9.48 Å². The van der Waals surface area contributed by atoms with Crippen LogP contribution in [0.4, 0.5) is 0 Å². The number of piperidine rings is 1. The Morgan fingerprint density at radius 2 is 1.63 bits per heavy atom. The second-order valence-corrected chi connectivity index (χ2v) is 21.8. The van der Waals surface area contributed by atoms with Gasteiger partial charge in [-0.1, -0.05) is 76.3 Å². The number of hydrogen-bond donors (Lipinski definition) is 2. The van der Waals surface area contributed by atoms with Gasteiger partial charge in [0.25, 0.3) is 11.7 Å². The molecule has 75 heavy (non-hydrogen) atoms. The van der Waals surface area contributed by atoms with Crippen LogP contribution in [0.2, 0.25) is 0 Å². The lowest BCUT2D eigenvalue weighted by atomic mass is 9.78. The number of aliphatic hydroxyl groups is 2. The number of nitrogens with zero attached hydrogens (tertiary/aromatic N) is 4. The van der Waals surface area contributed by atoms with Crippen molar-refractivity contribution >= 4 is 29.2 Å². The number of aliphatic hydroxyl groups excluding tert-OH is 1. The average molecular weight is 1050 g/mol. The van der Waals surface area contributed by atoms with E-state index in [1.807, 2.05) is 64.3 Å². The molecule has 4 aliphatic rings. The summed E-state index contributed by atoms with van der Waals surface area (Å²) in [6, 6.07) is -1.15. The third-order valence-corrected chi connectivity index (χ3v) is 16.0. The fourth-order valence-corrected chi connectivity index (χ4v) is 11.2. The number of carbonyl (C=O) groups excluding carboxylic acids is 5. The molecule has 3 fully saturated rings. The first-order chi connectivity index (χ1) is 35.7. The third kappa shape index (κ3) is 16.9. The van der Waals surface area contributed by atoms with Crippen molar-refractivity contribution in [1.82, 2.24) is 19.9 Å². The van der Waals surface area contributed by atoms with Crippen molar-refractivity contribution in [3.05, 3.63) is 59.5 Å². The number of carbonyl (C=O) groups is 5. The molecule has 0 spiro atoms. The Morgan fingerprint density at radius 1 is 0.867 bits per heavy atom. The molecule has 18 heteroatoms. The number of aromatic nitrogens is 3. The predicted octanol–water partition coefficient (Wildman–Crippen LogP) is 6.64. The minimum Gasteiger partial charge on any atom is -0.460 e. The van der Waals surface area contributed by atoms with E-state index >= 15 is 0 Å². The zero-order chi connectivity index (χ0) is 55.0. The van der Waals surface area contributed by atoms with Crippen LogP contribution in [0.1, 0.15) is 131 Å². The van der Waals surface area contributed by atoms with E-state index in [1.165, 1.54) is 12.0 Å². The van der Waals surface area contributed by atoms with E-state index in [1.54, 1.807) is 52.9 Å². The molecule has 0 radical (unpaired) electrons. The zero-order valence-electron chi connectivity index (χ0n) is 46.5. The Bertz CT molecular complexity index is 2170. The van der Waals surface area contributed by atoms with Gasteiger partial charge < -0.3 is 48.3 Å². The van der Waals surface area contributed by atoms with Crippen molar-refractivity contribution in [3.8, 4) is 0 Å². The number of amides is 1. The van der Waals surface area contributed by atoms with Gasteiger partial charge in [0.15, 0.2) is 5.78 Å². The first-order valence-electron chi connectivity index (χ1n) is 27.2. The molecule has 5 rings (SSSR count). The molecule has 15 atom stereocenters. The first kappa shape index (κ1) is 61.6. The molecule has 18 nitrogen and oxygen atoms in total. The number of allylic oxidation sites excluding steroid dienone is 6. The number of fused-ring (bicyclic) bond motifs is 3. The summed E-state index contributed by atoms with van der Waals surface area (Å²) in [7, 11) is 6.25. The van der Waals surface area contributed by atoms with E-state index in [2.05, 4.69) is 10.3 Å². The van der Waals surface area contributed by atoms with Crippen molar-refractivity contribution in [2.45, 2.75) is 193 Å². The van der Waals surface area contributed by atoms with Gasteiger partial charge in [0.1, 0.15) is 35.8 Å². The molecule has 1 aromatic heterocycles. The van der Waals surface area contributed by atoms with E-state index in [9.17, 15) is 34.2 Å². The summed E-state index contributed by atoms with van der Waals surface area (Å²) in [6.07, 6.45) is 13.7. The second kappa shape index (κ2) is 29.5. The molecular weight excluding hydrogens is 965 g/mol. The summed E-state index contributed by atoms with van der Waals surface area (Å²) < 4.78 is 43.2. The van der Waals surface area contributed by atoms with Gasteiger partial charge in [-0.05, 0) is 107 Å². The van der Waals surface area contributed by atoms with Gasteiger partial charge in [0.2, 0.25) is 5.79 Å². The molecule has 0 unspecified atom stereocenters. The highest BCUT2D eigenvalue weighted by molar-refractivity contribution is 6.39. The van der Waals surface area contributed by atoms with Crippen LogP contribution in [0.15, 0.2) is 53.8 Å². The smallest absolute Gasteiger partial charge is 0.329 e. The highest BCUT2D eigenvalue weighted by Crippen LogP contribution is 2.38. The Balaban J connectivity index is 1.42. The molecule has 2 saturated heterocycles. The molecule has 1 amide bonds. The van der Waals surface area contributed by atoms with Gasteiger partial charge in [0.05, 0.1) is 50.4 Å². The minimum absolute atomic E-state index is 0.0112. The first-order valence-corrected chi connectivity index (χ1v) is 27.2. The zero-order valence-corrected chi connectivity index (χ0v) is 46.5. The quantitative estimate of drug-likeness (QED) is 0.127. The number of hydrogen-bond acceptors (Lipinski definition) is 16.